The molecule has 2 aliphatic carbocycles. The molecule has 0 saturated heterocycles. The van der Waals surface area contributed by atoms with E-state index >= 15 is 0 Å². The standard InChI is InChI=1S/C45H69BN2/c1-14-18-19-20-21-22-24-40-41(45(12,13)27-26-44(40,10)11)25-28-47-38-31-37(43(7,8)9)32-39(33-38)48(29-16-3)35(6)42(46)30-36(23-15-2)34(5)17-4/h14,16,18-22,24-25,28,30,32-34,38,40-41,47H,1,3,15,17,23,26-27,29,31H2,2,4-13H3/b19-18-,21-20+,24-22+,28-25+,36-30+,42-35-. The van der Waals surface area contributed by atoms with Crippen LogP contribution in [0.5, 0.6) is 0 Å². The van der Waals surface area contributed by atoms with Crippen molar-refractivity contribution in [1.29, 1.82) is 0 Å². The van der Waals surface area contributed by atoms with E-state index < -0.39 is 0 Å². The lowest BCUT2D eigenvalue weighted by molar-refractivity contribution is 0.0343. The molecule has 4 unspecified atom stereocenters. The summed E-state index contributed by atoms with van der Waals surface area (Å²) >= 11 is 0. The summed E-state index contributed by atoms with van der Waals surface area (Å²) < 4.78 is 0. The molecule has 0 heterocycles. The van der Waals surface area contributed by atoms with Crippen LogP contribution in [0.25, 0.3) is 0 Å². The molecule has 0 amide bonds. The van der Waals surface area contributed by atoms with Gasteiger partial charge < -0.3 is 10.2 Å². The van der Waals surface area contributed by atoms with Gasteiger partial charge >= 0.3 is 0 Å². The van der Waals surface area contributed by atoms with E-state index in [2.05, 4.69) is 154 Å². The minimum atomic E-state index is 0.0522. The van der Waals surface area contributed by atoms with Crippen LogP contribution in [0.4, 0.5) is 0 Å². The van der Waals surface area contributed by atoms with Crippen LogP contribution in [0.1, 0.15) is 115 Å². The predicted octanol–water partition coefficient (Wildman–Crippen LogP) is 12.3. The SMILES string of the molecule is [B]C(/C=C(\CCC)C(C)CC)=C(/C)N(CC=C)C1=CC(N/C=C/C2C(/C=C/C=C/C=C\C=C)C(C)(C)CCC2(C)C)CC(C(C)(C)C)=C1. The van der Waals surface area contributed by atoms with Gasteiger partial charge in [-0.3, -0.25) is 0 Å². The zero-order valence-electron chi connectivity index (χ0n) is 32.7. The van der Waals surface area contributed by atoms with Gasteiger partial charge in [-0.1, -0.05) is 160 Å². The highest BCUT2D eigenvalue weighted by Crippen LogP contribution is 2.53. The minimum absolute atomic E-state index is 0.0522. The normalized spacial score (nSPS) is 24.5. The van der Waals surface area contributed by atoms with Crippen molar-refractivity contribution in [3.05, 3.63) is 120 Å². The van der Waals surface area contributed by atoms with Crippen LogP contribution in [0.2, 0.25) is 0 Å². The monoisotopic (exact) mass is 649 g/mol. The van der Waals surface area contributed by atoms with Crippen LogP contribution < -0.4 is 5.32 Å². The molecule has 2 aliphatic rings. The summed E-state index contributed by atoms with van der Waals surface area (Å²) in [4.78, 5) is 2.34. The fourth-order valence-corrected chi connectivity index (χ4v) is 7.07. The van der Waals surface area contributed by atoms with Gasteiger partial charge in [-0.2, -0.15) is 0 Å². The Hall–Kier alpha value is -2.94. The van der Waals surface area contributed by atoms with Gasteiger partial charge in [0.2, 0.25) is 0 Å². The Balaban J connectivity index is 2.49. The molecule has 2 nitrogen and oxygen atoms in total. The van der Waals surface area contributed by atoms with Crippen molar-refractivity contribution in [3.63, 3.8) is 0 Å². The van der Waals surface area contributed by atoms with Crippen LogP contribution in [0.3, 0.4) is 0 Å². The lowest BCUT2D eigenvalue weighted by Crippen LogP contribution is -2.42. The molecule has 0 aromatic carbocycles. The van der Waals surface area contributed by atoms with Crippen LogP contribution in [0, 0.1) is 34.0 Å². The first-order chi connectivity index (χ1) is 22.5. The van der Waals surface area contributed by atoms with Gasteiger partial charge in [0.15, 0.2) is 0 Å². The Kier molecular flexibility index (Phi) is 16.1. The molecule has 1 N–H and O–H groups in total. The Morgan fingerprint density at radius 3 is 2.17 bits per heavy atom. The fraction of sp³-hybridized carbons (Fsp3) is 0.556. The summed E-state index contributed by atoms with van der Waals surface area (Å²) in [5.41, 5.74) is 6.46. The minimum Gasteiger partial charge on any atom is -0.385 e. The third kappa shape index (κ3) is 11.9. The second-order valence-electron chi connectivity index (χ2n) is 16.5. The second-order valence-corrected chi connectivity index (χ2v) is 16.5. The molecule has 48 heavy (non-hydrogen) atoms. The number of allylic oxidation sites excluding steroid dienone is 13. The average Bonchev–Trinajstić information content (AvgIpc) is 3.02. The zero-order valence-corrected chi connectivity index (χ0v) is 32.7. The third-order valence-corrected chi connectivity index (χ3v) is 10.8. The Bertz CT molecular complexity index is 1320. The topological polar surface area (TPSA) is 15.3 Å². The maximum Gasteiger partial charge on any atom is 0.116 e. The quantitative estimate of drug-likeness (QED) is 0.102. The van der Waals surface area contributed by atoms with Gasteiger partial charge in [0.25, 0.3) is 0 Å². The van der Waals surface area contributed by atoms with Gasteiger partial charge in [-0.15, -0.1) is 6.58 Å². The molecular formula is C45H69BN2. The fourth-order valence-electron chi connectivity index (χ4n) is 7.07. The first-order valence-corrected chi connectivity index (χ1v) is 18.6. The Labute approximate surface area is 298 Å². The summed E-state index contributed by atoms with van der Waals surface area (Å²) in [7, 11) is 6.86. The smallest absolute Gasteiger partial charge is 0.116 e. The van der Waals surface area contributed by atoms with Crippen molar-refractivity contribution in [3.8, 4) is 0 Å². The molecule has 2 rings (SSSR count). The van der Waals surface area contributed by atoms with Crippen LogP contribution >= 0.6 is 0 Å². The summed E-state index contributed by atoms with van der Waals surface area (Å²) in [5.74, 6) is 1.38. The van der Waals surface area contributed by atoms with E-state index in [9.17, 15) is 0 Å². The third-order valence-electron chi connectivity index (χ3n) is 10.8. The number of nitrogens with one attached hydrogen (secondary N) is 1. The lowest BCUT2D eigenvalue weighted by atomic mass is 9.54. The average molecular weight is 649 g/mol. The highest BCUT2D eigenvalue weighted by Gasteiger charge is 2.45. The maximum absolute atomic E-state index is 6.86. The molecule has 0 aromatic rings. The molecule has 262 valence electrons. The molecule has 0 aromatic heterocycles. The number of hydrogen-bond donors (Lipinski definition) is 1. The van der Waals surface area contributed by atoms with Crippen molar-refractivity contribution >= 4 is 7.85 Å². The Morgan fingerprint density at radius 1 is 1.00 bits per heavy atom. The molecule has 3 heteroatoms. The van der Waals surface area contributed by atoms with Crippen molar-refractivity contribution in [2.45, 2.75) is 121 Å². The van der Waals surface area contributed by atoms with Crippen LogP contribution in [0.15, 0.2) is 120 Å². The van der Waals surface area contributed by atoms with E-state index in [1.54, 1.807) is 6.08 Å². The second kappa shape index (κ2) is 18.7. The van der Waals surface area contributed by atoms with Gasteiger partial charge in [0, 0.05) is 24.0 Å². The zero-order chi connectivity index (χ0) is 36.1. The van der Waals surface area contributed by atoms with E-state index in [0.29, 0.717) is 24.3 Å². The van der Waals surface area contributed by atoms with Gasteiger partial charge in [0.05, 0.1) is 0 Å². The summed E-state index contributed by atoms with van der Waals surface area (Å²) in [6.07, 6.45) is 35.1. The van der Waals surface area contributed by atoms with Gasteiger partial charge in [-0.25, -0.2) is 0 Å². The number of nitrogens with zero attached hydrogens (tertiary/aromatic N) is 1. The van der Waals surface area contributed by atoms with Crippen LogP contribution in [-0.4, -0.2) is 25.3 Å². The number of rotatable bonds is 16. The highest BCUT2D eigenvalue weighted by molar-refractivity contribution is 6.23. The van der Waals surface area contributed by atoms with Crippen molar-refractivity contribution < 1.29 is 0 Å². The van der Waals surface area contributed by atoms with Gasteiger partial charge in [-0.05, 0) is 91.4 Å². The van der Waals surface area contributed by atoms with Crippen LogP contribution in [-0.2, 0) is 0 Å². The largest absolute Gasteiger partial charge is 0.385 e. The first kappa shape index (κ1) is 41.2. The van der Waals surface area contributed by atoms with Gasteiger partial charge in [0.1, 0.15) is 7.85 Å². The van der Waals surface area contributed by atoms with Crippen molar-refractivity contribution in [1.82, 2.24) is 10.2 Å². The summed E-state index contributed by atoms with van der Waals surface area (Å²) in [5, 5.41) is 3.85. The van der Waals surface area contributed by atoms with E-state index in [-0.39, 0.29) is 22.3 Å². The maximum atomic E-state index is 6.86. The van der Waals surface area contributed by atoms with E-state index in [1.165, 1.54) is 29.7 Å². The molecule has 0 aliphatic heterocycles. The van der Waals surface area contributed by atoms with Crippen molar-refractivity contribution in [2.75, 3.05) is 6.54 Å². The molecule has 4 atom stereocenters. The van der Waals surface area contributed by atoms with Crippen molar-refractivity contribution in [2.24, 2.45) is 34.0 Å². The first-order valence-electron chi connectivity index (χ1n) is 18.6. The molecule has 0 bridgehead atoms. The lowest BCUT2D eigenvalue weighted by Gasteiger charge is -2.50. The molecule has 1 saturated carbocycles. The van der Waals surface area contributed by atoms with E-state index in [1.807, 2.05) is 18.2 Å². The molecule has 2 radical (unpaired) electrons. The predicted molar refractivity (Wildman–Crippen MR) is 215 cm³/mol. The molecular weight excluding hydrogens is 579 g/mol. The summed E-state index contributed by atoms with van der Waals surface area (Å²) in [6.45, 7) is 34.2. The highest BCUT2D eigenvalue weighted by atomic mass is 15.1. The molecule has 0 spiro atoms. The van der Waals surface area contributed by atoms with E-state index in [4.69, 9.17) is 7.85 Å². The van der Waals surface area contributed by atoms with E-state index in [0.717, 1.165) is 36.9 Å². The number of hydrogen-bond acceptors (Lipinski definition) is 2. The molecule has 1 fully saturated rings. The summed E-state index contributed by atoms with van der Waals surface area (Å²) in [6, 6.07) is 0.177. The Morgan fingerprint density at radius 2 is 1.60 bits per heavy atom.